The lowest BCUT2D eigenvalue weighted by molar-refractivity contribution is 0.182. The van der Waals surface area contributed by atoms with Crippen LogP contribution < -0.4 is 5.32 Å². The van der Waals surface area contributed by atoms with Crippen molar-refractivity contribution in [3.63, 3.8) is 0 Å². The van der Waals surface area contributed by atoms with Gasteiger partial charge in [-0.15, -0.1) is 11.3 Å². The molecule has 0 saturated heterocycles. The maximum Gasteiger partial charge on any atom is 0.113 e. The van der Waals surface area contributed by atoms with Gasteiger partial charge in [0.25, 0.3) is 0 Å². The maximum absolute atomic E-state index is 5.11. The Morgan fingerprint density at radius 2 is 2.56 bits per heavy atom. The minimum atomic E-state index is 0.117. The first kappa shape index (κ1) is 12.0. The van der Waals surface area contributed by atoms with Gasteiger partial charge in [-0.25, -0.2) is 4.98 Å². The van der Waals surface area contributed by atoms with E-state index in [2.05, 4.69) is 22.6 Å². The summed E-state index contributed by atoms with van der Waals surface area (Å²) in [7, 11) is 1.75. The molecule has 16 heavy (non-hydrogen) atoms. The minimum absolute atomic E-state index is 0.117. The van der Waals surface area contributed by atoms with Crippen molar-refractivity contribution in [1.82, 2.24) is 10.3 Å². The molecule has 1 fully saturated rings. The maximum atomic E-state index is 5.11. The van der Waals surface area contributed by atoms with Crippen molar-refractivity contribution >= 4 is 11.3 Å². The second-order valence-corrected chi connectivity index (χ2v) is 5.58. The first-order chi connectivity index (χ1) is 7.77. The molecule has 0 spiro atoms. The topological polar surface area (TPSA) is 34.1 Å². The smallest absolute Gasteiger partial charge is 0.113 e. The Morgan fingerprint density at radius 3 is 3.12 bits per heavy atom. The van der Waals surface area contributed by atoms with E-state index in [0.29, 0.717) is 0 Å². The quantitative estimate of drug-likeness (QED) is 0.802. The molecule has 0 aliphatic heterocycles. The third kappa shape index (κ3) is 2.44. The molecular formula is C12H20N2OS. The Bertz CT molecular complexity index is 315. The highest BCUT2D eigenvalue weighted by molar-refractivity contribution is 7.09. The van der Waals surface area contributed by atoms with Crippen molar-refractivity contribution in [1.29, 1.82) is 0 Å². The molecule has 1 aliphatic carbocycles. The fraction of sp³-hybridized carbons (Fsp3) is 0.750. The number of aromatic nitrogens is 1. The molecule has 90 valence electrons. The van der Waals surface area contributed by atoms with Crippen molar-refractivity contribution in [2.45, 2.75) is 31.7 Å². The van der Waals surface area contributed by atoms with Crippen LogP contribution in [-0.4, -0.2) is 25.2 Å². The van der Waals surface area contributed by atoms with Crippen molar-refractivity contribution in [2.24, 2.45) is 5.92 Å². The zero-order valence-corrected chi connectivity index (χ0v) is 10.8. The number of nitrogens with zero attached hydrogens (tertiary/aromatic N) is 1. The lowest BCUT2D eigenvalue weighted by Crippen LogP contribution is -2.41. The van der Waals surface area contributed by atoms with E-state index < -0.39 is 0 Å². The fourth-order valence-electron chi connectivity index (χ4n) is 2.57. The molecule has 3 nitrogen and oxygen atoms in total. The highest BCUT2D eigenvalue weighted by atomic mass is 32.1. The van der Waals surface area contributed by atoms with Gasteiger partial charge in [0.2, 0.25) is 0 Å². The molecule has 0 radical (unpaired) electrons. The van der Waals surface area contributed by atoms with Crippen LogP contribution in [0.2, 0.25) is 0 Å². The van der Waals surface area contributed by atoms with E-state index in [-0.39, 0.29) is 5.54 Å². The van der Waals surface area contributed by atoms with Gasteiger partial charge in [0.15, 0.2) is 0 Å². The third-order valence-electron chi connectivity index (χ3n) is 3.37. The van der Waals surface area contributed by atoms with E-state index >= 15 is 0 Å². The molecular weight excluding hydrogens is 220 g/mol. The second kappa shape index (κ2) is 5.25. The van der Waals surface area contributed by atoms with Gasteiger partial charge in [-0.1, -0.05) is 6.92 Å². The van der Waals surface area contributed by atoms with Gasteiger partial charge in [-0.3, -0.25) is 0 Å². The summed E-state index contributed by atoms with van der Waals surface area (Å²) in [5.74, 6) is 0.791. The van der Waals surface area contributed by atoms with Gasteiger partial charge in [0.05, 0.1) is 12.1 Å². The van der Waals surface area contributed by atoms with E-state index in [4.69, 9.17) is 4.74 Å². The molecule has 4 heteroatoms. The number of methoxy groups -OCH3 is 1. The molecule has 1 N–H and O–H groups in total. The van der Waals surface area contributed by atoms with Gasteiger partial charge in [0, 0.05) is 25.2 Å². The summed E-state index contributed by atoms with van der Waals surface area (Å²) in [5.41, 5.74) is 0.117. The Balaban J connectivity index is 2.08. The Hall–Kier alpha value is -0.450. The van der Waals surface area contributed by atoms with Crippen LogP contribution in [0.15, 0.2) is 11.6 Å². The molecule has 0 aromatic carbocycles. The monoisotopic (exact) mass is 240 g/mol. The molecule has 0 bridgehead atoms. The molecule has 1 aliphatic rings. The molecule has 2 unspecified atom stereocenters. The van der Waals surface area contributed by atoms with E-state index in [1.807, 2.05) is 6.20 Å². The Kier molecular flexibility index (Phi) is 3.95. The van der Waals surface area contributed by atoms with Crippen LogP contribution in [0.5, 0.6) is 0 Å². The summed E-state index contributed by atoms with van der Waals surface area (Å²) in [5, 5.41) is 6.96. The minimum Gasteiger partial charge on any atom is -0.383 e. The summed E-state index contributed by atoms with van der Waals surface area (Å²) in [6.07, 6.45) is 5.60. The van der Waals surface area contributed by atoms with Crippen molar-refractivity contribution in [2.75, 3.05) is 20.3 Å². The lowest BCUT2D eigenvalue weighted by atomic mass is 9.97. The summed E-state index contributed by atoms with van der Waals surface area (Å²) in [4.78, 5) is 4.50. The number of rotatable bonds is 5. The zero-order chi connectivity index (χ0) is 11.4. The Labute approximate surface area is 101 Å². The van der Waals surface area contributed by atoms with Crippen LogP contribution in [0.1, 0.15) is 31.2 Å². The average molecular weight is 240 g/mol. The van der Waals surface area contributed by atoms with Crippen LogP contribution in [0.25, 0.3) is 0 Å². The van der Waals surface area contributed by atoms with Gasteiger partial charge in [0.1, 0.15) is 5.01 Å². The van der Waals surface area contributed by atoms with Gasteiger partial charge in [-0.2, -0.15) is 0 Å². The summed E-state index contributed by atoms with van der Waals surface area (Å²) in [6, 6.07) is 0. The SMILES string of the molecule is COCCNC1(c2nccs2)CCC(C)C1. The van der Waals surface area contributed by atoms with E-state index in [1.165, 1.54) is 24.3 Å². The zero-order valence-electron chi connectivity index (χ0n) is 10.0. The first-order valence-electron chi connectivity index (χ1n) is 5.91. The molecule has 1 aromatic heterocycles. The van der Waals surface area contributed by atoms with Crippen molar-refractivity contribution in [3.05, 3.63) is 16.6 Å². The predicted octanol–water partition coefficient (Wildman–Crippen LogP) is 2.39. The standard InChI is InChI=1S/C12H20N2OS/c1-10-3-4-12(9-10,14-5-7-15-2)11-13-6-8-16-11/h6,8,10,14H,3-5,7,9H2,1-2H3. The van der Waals surface area contributed by atoms with E-state index in [1.54, 1.807) is 18.4 Å². The molecule has 0 amide bonds. The summed E-state index contributed by atoms with van der Waals surface area (Å²) >= 11 is 1.76. The number of thiazole rings is 1. The first-order valence-corrected chi connectivity index (χ1v) is 6.79. The normalized spacial score (nSPS) is 29.8. The van der Waals surface area contributed by atoms with Crippen LogP contribution in [-0.2, 0) is 10.3 Å². The highest BCUT2D eigenvalue weighted by Crippen LogP contribution is 2.42. The van der Waals surface area contributed by atoms with Gasteiger partial charge < -0.3 is 10.1 Å². The fourth-order valence-corrected chi connectivity index (χ4v) is 3.43. The van der Waals surface area contributed by atoms with Crippen LogP contribution >= 0.6 is 11.3 Å². The molecule has 1 aromatic rings. The summed E-state index contributed by atoms with van der Waals surface area (Å²) < 4.78 is 5.11. The second-order valence-electron chi connectivity index (χ2n) is 4.69. The number of hydrogen-bond acceptors (Lipinski definition) is 4. The molecule has 2 atom stereocenters. The van der Waals surface area contributed by atoms with Crippen molar-refractivity contribution < 1.29 is 4.74 Å². The van der Waals surface area contributed by atoms with Crippen molar-refractivity contribution in [3.8, 4) is 0 Å². The van der Waals surface area contributed by atoms with Crippen LogP contribution in [0.3, 0.4) is 0 Å². The predicted molar refractivity (Wildman–Crippen MR) is 66.7 cm³/mol. The van der Waals surface area contributed by atoms with Crippen LogP contribution in [0, 0.1) is 5.92 Å². The van der Waals surface area contributed by atoms with Gasteiger partial charge >= 0.3 is 0 Å². The lowest BCUT2D eigenvalue weighted by Gasteiger charge is -2.28. The molecule has 1 saturated carbocycles. The Morgan fingerprint density at radius 1 is 1.69 bits per heavy atom. The number of hydrogen-bond donors (Lipinski definition) is 1. The van der Waals surface area contributed by atoms with E-state index in [9.17, 15) is 0 Å². The van der Waals surface area contributed by atoms with E-state index in [0.717, 1.165) is 19.1 Å². The number of nitrogens with one attached hydrogen (secondary N) is 1. The van der Waals surface area contributed by atoms with Crippen LogP contribution in [0.4, 0.5) is 0 Å². The summed E-state index contributed by atoms with van der Waals surface area (Å²) in [6.45, 7) is 4.00. The number of ether oxygens (including phenoxy) is 1. The molecule has 2 rings (SSSR count). The highest BCUT2D eigenvalue weighted by Gasteiger charge is 2.40. The average Bonchev–Trinajstić information content (AvgIpc) is 2.88. The molecule has 1 heterocycles. The van der Waals surface area contributed by atoms with Gasteiger partial charge in [-0.05, 0) is 25.2 Å². The third-order valence-corrected chi connectivity index (χ3v) is 4.35. The largest absolute Gasteiger partial charge is 0.383 e.